The van der Waals surface area contributed by atoms with Crippen molar-refractivity contribution in [3.8, 4) is 5.75 Å². The molecular formula is C10H12FNO. The van der Waals surface area contributed by atoms with Crippen molar-refractivity contribution in [1.82, 2.24) is 4.90 Å². The number of halogens is 1. The molecule has 13 heavy (non-hydrogen) atoms. The van der Waals surface area contributed by atoms with Crippen LogP contribution in [0.5, 0.6) is 5.75 Å². The fourth-order valence-corrected chi connectivity index (χ4v) is 1.45. The molecule has 0 unspecified atom stereocenters. The van der Waals surface area contributed by atoms with E-state index in [1.807, 2.05) is 7.05 Å². The SMILES string of the molecule is CN1CC(Oc2cccc(F)c2)C1. The summed E-state index contributed by atoms with van der Waals surface area (Å²) in [5.74, 6) is 0.378. The molecule has 0 atom stereocenters. The summed E-state index contributed by atoms with van der Waals surface area (Å²) in [5.41, 5.74) is 0. The van der Waals surface area contributed by atoms with Crippen LogP contribution < -0.4 is 4.74 Å². The number of hydrogen-bond donors (Lipinski definition) is 0. The second-order valence-electron chi connectivity index (χ2n) is 3.42. The van der Waals surface area contributed by atoms with Crippen LogP contribution in [0.3, 0.4) is 0 Å². The van der Waals surface area contributed by atoms with E-state index in [1.54, 1.807) is 12.1 Å². The molecule has 3 heteroatoms. The fourth-order valence-electron chi connectivity index (χ4n) is 1.45. The summed E-state index contributed by atoms with van der Waals surface area (Å²) in [7, 11) is 2.03. The minimum Gasteiger partial charge on any atom is -0.488 e. The normalized spacial score (nSPS) is 18.3. The van der Waals surface area contributed by atoms with Crippen LogP contribution in [0.15, 0.2) is 24.3 Å². The fraction of sp³-hybridized carbons (Fsp3) is 0.400. The van der Waals surface area contributed by atoms with E-state index in [4.69, 9.17) is 4.74 Å². The molecule has 1 aromatic carbocycles. The predicted octanol–water partition coefficient (Wildman–Crippen LogP) is 1.52. The Hall–Kier alpha value is -1.09. The highest BCUT2D eigenvalue weighted by molar-refractivity contribution is 5.23. The Kier molecular flexibility index (Phi) is 2.19. The summed E-state index contributed by atoms with van der Waals surface area (Å²) < 4.78 is 18.2. The van der Waals surface area contributed by atoms with E-state index in [-0.39, 0.29) is 11.9 Å². The van der Waals surface area contributed by atoms with Crippen LogP contribution in [0.25, 0.3) is 0 Å². The number of likely N-dealkylation sites (tertiary alicyclic amines) is 1. The van der Waals surface area contributed by atoms with Crippen LogP contribution in [-0.4, -0.2) is 31.1 Å². The van der Waals surface area contributed by atoms with Crippen LogP contribution in [0.1, 0.15) is 0 Å². The Morgan fingerprint density at radius 1 is 1.46 bits per heavy atom. The van der Waals surface area contributed by atoms with E-state index >= 15 is 0 Å². The summed E-state index contributed by atoms with van der Waals surface area (Å²) in [6.45, 7) is 1.85. The van der Waals surface area contributed by atoms with Gasteiger partial charge in [0.2, 0.25) is 0 Å². The zero-order valence-corrected chi connectivity index (χ0v) is 7.53. The Morgan fingerprint density at radius 3 is 2.85 bits per heavy atom. The summed E-state index contributed by atoms with van der Waals surface area (Å²) in [6, 6.07) is 6.27. The second-order valence-corrected chi connectivity index (χ2v) is 3.42. The molecule has 1 saturated heterocycles. The maximum Gasteiger partial charge on any atom is 0.126 e. The predicted molar refractivity (Wildman–Crippen MR) is 48.3 cm³/mol. The highest BCUT2D eigenvalue weighted by Gasteiger charge is 2.24. The molecular weight excluding hydrogens is 169 g/mol. The van der Waals surface area contributed by atoms with Crippen molar-refractivity contribution in [2.24, 2.45) is 0 Å². The van der Waals surface area contributed by atoms with Crippen molar-refractivity contribution >= 4 is 0 Å². The average Bonchev–Trinajstić information content (AvgIpc) is 2.01. The molecule has 1 fully saturated rings. The Labute approximate surface area is 76.9 Å². The third-order valence-corrected chi connectivity index (χ3v) is 2.13. The first-order chi connectivity index (χ1) is 6.24. The molecule has 2 rings (SSSR count). The average molecular weight is 181 g/mol. The molecule has 1 aromatic rings. The molecule has 0 bridgehead atoms. The molecule has 70 valence electrons. The first kappa shape index (κ1) is 8.51. The summed E-state index contributed by atoms with van der Waals surface area (Å²) in [6.07, 6.45) is 0.229. The van der Waals surface area contributed by atoms with Crippen molar-refractivity contribution in [3.63, 3.8) is 0 Å². The number of benzene rings is 1. The molecule has 0 saturated carbocycles. The van der Waals surface area contributed by atoms with Gasteiger partial charge in [-0.3, -0.25) is 4.90 Å². The minimum atomic E-state index is -0.245. The zero-order valence-electron chi connectivity index (χ0n) is 7.53. The van der Waals surface area contributed by atoms with Crippen LogP contribution in [0.4, 0.5) is 4.39 Å². The van der Waals surface area contributed by atoms with Gasteiger partial charge in [-0.05, 0) is 19.2 Å². The number of hydrogen-bond acceptors (Lipinski definition) is 2. The van der Waals surface area contributed by atoms with Crippen molar-refractivity contribution in [1.29, 1.82) is 0 Å². The van der Waals surface area contributed by atoms with Gasteiger partial charge in [-0.1, -0.05) is 6.07 Å². The van der Waals surface area contributed by atoms with Crippen LogP contribution >= 0.6 is 0 Å². The van der Waals surface area contributed by atoms with Gasteiger partial charge in [0, 0.05) is 19.2 Å². The molecule has 0 spiro atoms. The van der Waals surface area contributed by atoms with Gasteiger partial charge in [-0.25, -0.2) is 4.39 Å². The first-order valence-electron chi connectivity index (χ1n) is 4.35. The zero-order chi connectivity index (χ0) is 9.26. The van der Waals surface area contributed by atoms with Gasteiger partial charge >= 0.3 is 0 Å². The second kappa shape index (κ2) is 3.34. The summed E-state index contributed by atoms with van der Waals surface area (Å²) >= 11 is 0. The Balaban J connectivity index is 1.94. The van der Waals surface area contributed by atoms with Crippen molar-refractivity contribution in [2.45, 2.75) is 6.10 Å². The third kappa shape index (κ3) is 1.98. The molecule has 0 radical (unpaired) electrons. The Morgan fingerprint density at radius 2 is 2.23 bits per heavy atom. The van der Waals surface area contributed by atoms with Crippen LogP contribution in [0, 0.1) is 5.82 Å². The van der Waals surface area contributed by atoms with Crippen molar-refractivity contribution < 1.29 is 9.13 Å². The lowest BCUT2D eigenvalue weighted by molar-refractivity contribution is 0.0386. The maximum absolute atomic E-state index is 12.7. The number of nitrogens with zero attached hydrogens (tertiary/aromatic N) is 1. The van der Waals surface area contributed by atoms with Gasteiger partial charge in [-0.2, -0.15) is 0 Å². The van der Waals surface area contributed by atoms with Crippen LogP contribution in [-0.2, 0) is 0 Å². The van der Waals surface area contributed by atoms with E-state index in [9.17, 15) is 4.39 Å². The summed E-state index contributed by atoms with van der Waals surface area (Å²) in [5, 5.41) is 0. The lowest BCUT2D eigenvalue weighted by Crippen LogP contribution is -2.51. The molecule has 0 aliphatic carbocycles. The van der Waals surface area contributed by atoms with Gasteiger partial charge in [0.05, 0.1) is 0 Å². The van der Waals surface area contributed by atoms with Crippen molar-refractivity contribution in [3.05, 3.63) is 30.1 Å². The van der Waals surface area contributed by atoms with Gasteiger partial charge in [-0.15, -0.1) is 0 Å². The van der Waals surface area contributed by atoms with E-state index in [2.05, 4.69) is 4.90 Å². The molecule has 1 aliphatic rings. The molecule has 0 aromatic heterocycles. The van der Waals surface area contributed by atoms with E-state index in [1.165, 1.54) is 12.1 Å². The standard InChI is InChI=1S/C10H12FNO/c1-12-6-10(7-12)13-9-4-2-3-8(11)5-9/h2-5,10H,6-7H2,1H3. The quantitative estimate of drug-likeness (QED) is 0.685. The minimum absolute atomic E-state index is 0.229. The molecule has 0 amide bonds. The maximum atomic E-state index is 12.7. The third-order valence-electron chi connectivity index (χ3n) is 2.13. The van der Waals surface area contributed by atoms with Gasteiger partial charge in [0.25, 0.3) is 0 Å². The number of likely N-dealkylation sites (N-methyl/N-ethyl adjacent to an activating group) is 1. The number of ether oxygens (including phenoxy) is 1. The summed E-state index contributed by atoms with van der Waals surface area (Å²) in [4.78, 5) is 2.16. The monoisotopic (exact) mass is 181 g/mol. The highest BCUT2D eigenvalue weighted by Crippen LogP contribution is 2.17. The first-order valence-corrected chi connectivity index (χ1v) is 4.35. The van der Waals surface area contributed by atoms with Crippen molar-refractivity contribution in [2.75, 3.05) is 20.1 Å². The highest BCUT2D eigenvalue weighted by atomic mass is 19.1. The van der Waals surface area contributed by atoms with Gasteiger partial charge in [0.15, 0.2) is 0 Å². The molecule has 1 heterocycles. The smallest absolute Gasteiger partial charge is 0.126 e. The Bertz CT molecular complexity index is 297. The lowest BCUT2D eigenvalue weighted by Gasteiger charge is -2.35. The number of rotatable bonds is 2. The van der Waals surface area contributed by atoms with E-state index < -0.39 is 0 Å². The largest absolute Gasteiger partial charge is 0.488 e. The van der Waals surface area contributed by atoms with E-state index in [0.717, 1.165) is 13.1 Å². The molecule has 1 aliphatic heterocycles. The van der Waals surface area contributed by atoms with Crippen LogP contribution in [0.2, 0.25) is 0 Å². The lowest BCUT2D eigenvalue weighted by atomic mass is 10.2. The molecule has 0 N–H and O–H groups in total. The van der Waals surface area contributed by atoms with Gasteiger partial charge in [0.1, 0.15) is 17.7 Å². The topological polar surface area (TPSA) is 12.5 Å². The molecule has 2 nitrogen and oxygen atoms in total. The van der Waals surface area contributed by atoms with Gasteiger partial charge < -0.3 is 4.74 Å². The van der Waals surface area contributed by atoms with E-state index in [0.29, 0.717) is 5.75 Å².